The molecule has 2 aliphatic rings. The van der Waals surface area contributed by atoms with Gasteiger partial charge in [0, 0.05) is 5.92 Å². The molecule has 18 heavy (non-hydrogen) atoms. The predicted octanol–water partition coefficient (Wildman–Crippen LogP) is 4.13. The third-order valence-electron chi connectivity index (χ3n) is 5.50. The van der Waals surface area contributed by atoms with Gasteiger partial charge >= 0.3 is 0 Å². The lowest BCUT2D eigenvalue weighted by Gasteiger charge is -2.48. The number of benzene rings is 1. The molecule has 3 rings (SSSR count). The van der Waals surface area contributed by atoms with Crippen LogP contribution < -0.4 is 0 Å². The minimum absolute atomic E-state index is 0.169. The molecule has 0 bridgehead atoms. The van der Waals surface area contributed by atoms with Crippen molar-refractivity contribution in [2.24, 2.45) is 11.3 Å². The molecule has 1 aromatic carbocycles. The molecule has 0 amide bonds. The average Bonchev–Trinajstić information content (AvgIpc) is 2.48. The van der Waals surface area contributed by atoms with Crippen LogP contribution in [-0.4, -0.2) is 5.11 Å². The summed E-state index contributed by atoms with van der Waals surface area (Å²) in [7, 11) is 0. The maximum absolute atomic E-state index is 10.8. The summed E-state index contributed by atoms with van der Waals surface area (Å²) in [5.41, 5.74) is 4.31. The largest absolute Gasteiger partial charge is 0.388 e. The van der Waals surface area contributed by atoms with Crippen molar-refractivity contribution < 1.29 is 5.11 Å². The Morgan fingerprint density at radius 2 is 1.89 bits per heavy atom. The van der Waals surface area contributed by atoms with Gasteiger partial charge in [-0.05, 0) is 41.7 Å². The van der Waals surface area contributed by atoms with E-state index >= 15 is 0 Å². The lowest BCUT2D eigenvalue weighted by molar-refractivity contribution is -0.0272. The molecule has 1 aromatic rings. The number of aliphatic hydroxyl groups is 1. The number of rotatable bonds is 0. The SMILES string of the molecule is Cc1ccc2c(c1)C1(C)CCCC(C)(C)[C@@H]1C2O. The first-order valence-corrected chi connectivity index (χ1v) is 7.15. The van der Waals surface area contributed by atoms with Crippen LogP contribution in [0.4, 0.5) is 0 Å². The Labute approximate surface area is 110 Å². The van der Waals surface area contributed by atoms with Crippen molar-refractivity contribution in [1.82, 2.24) is 0 Å². The van der Waals surface area contributed by atoms with E-state index in [-0.39, 0.29) is 16.9 Å². The van der Waals surface area contributed by atoms with Crippen LogP contribution in [0.15, 0.2) is 18.2 Å². The fourth-order valence-corrected chi connectivity index (χ4v) is 4.76. The maximum atomic E-state index is 10.8. The van der Waals surface area contributed by atoms with E-state index in [0.717, 1.165) is 0 Å². The van der Waals surface area contributed by atoms with E-state index in [1.165, 1.54) is 36.0 Å². The van der Waals surface area contributed by atoms with Crippen LogP contribution in [0.1, 0.15) is 62.8 Å². The van der Waals surface area contributed by atoms with Crippen LogP contribution in [0, 0.1) is 18.3 Å². The molecular formula is C17H24O. The van der Waals surface area contributed by atoms with Crippen LogP contribution in [0.3, 0.4) is 0 Å². The summed E-state index contributed by atoms with van der Waals surface area (Å²) in [4.78, 5) is 0. The van der Waals surface area contributed by atoms with Crippen molar-refractivity contribution in [3.63, 3.8) is 0 Å². The van der Waals surface area contributed by atoms with Gasteiger partial charge in [-0.2, -0.15) is 0 Å². The first kappa shape index (κ1) is 12.2. The third kappa shape index (κ3) is 1.43. The van der Waals surface area contributed by atoms with E-state index in [0.29, 0.717) is 5.92 Å². The van der Waals surface area contributed by atoms with Gasteiger partial charge in [0.25, 0.3) is 0 Å². The molecule has 1 N–H and O–H groups in total. The van der Waals surface area contributed by atoms with E-state index in [1.54, 1.807) is 0 Å². The standard InChI is InChI=1S/C17H24O/c1-11-6-7-12-13(10-11)17(4)9-5-8-16(2,3)15(17)14(12)18/h6-7,10,14-15,18H,5,8-9H2,1-4H3/t14?,15-,17?/m0/s1. The van der Waals surface area contributed by atoms with E-state index < -0.39 is 0 Å². The van der Waals surface area contributed by atoms with E-state index in [4.69, 9.17) is 0 Å². The van der Waals surface area contributed by atoms with Crippen LogP contribution in [0.5, 0.6) is 0 Å². The zero-order chi connectivity index (χ0) is 13.1. The number of hydrogen-bond acceptors (Lipinski definition) is 1. The summed E-state index contributed by atoms with van der Waals surface area (Å²) < 4.78 is 0. The summed E-state index contributed by atoms with van der Waals surface area (Å²) in [6.45, 7) is 9.18. The van der Waals surface area contributed by atoms with Crippen molar-refractivity contribution in [3.05, 3.63) is 34.9 Å². The summed E-state index contributed by atoms with van der Waals surface area (Å²) in [6, 6.07) is 6.59. The van der Waals surface area contributed by atoms with E-state index in [9.17, 15) is 5.11 Å². The van der Waals surface area contributed by atoms with Gasteiger partial charge in [0.15, 0.2) is 0 Å². The Kier molecular flexibility index (Phi) is 2.45. The Balaban J connectivity index is 2.20. The summed E-state index contributed by atoms with van der Waals surface area (Å²) in [5.74, 6) is 0.371. The van der Waals surface area contributed by atoms with Gasteiger partial charge in [-0.25, -0.2) is 0 Å². The molecule has 1 fully saturated rings. The first-order chi connectivity index (χ1) is 8.36. The monoisotopic (exact) mass is 244 g/mol. The van der Waals surface area contributed by atoms with Crippen LogP contribution >= 0.6 is 0 Å². The zero-order valence-electron chi connectivity index (χ0n) is 12.0. The van der Waals surface area contributed by atoms with Crippen LogP contribution in [0.25, 0.3) is 0 Å². The quantitative estimate of drug-likeness (QED) is 0.727. The lowest BCUT2D eigenvalue weighted by atomic mass is 9.56. The molecule has 1 nitrogen and oxygen atoms in total. The molecule has 1 heteroatoms. The smallest absolute Gasteiger partial charge is 0.0834 e. The normalized spacial score (nSPS) is 37.2. The highest BCUT2D eigenvalue weighted by Crippen LogP contribution is 2.62. The fraction of sp³-hybridized carbons (Fsp3) is 0.647. The van der Waals surface area contributed by atoms with Gasteiger partial charge in [-0.3, -0.25) is 0 Å². The molecular weight excluding hydrogens is 220 g/mol. The molecule has 2 aliphatic carbocycles. The van der Waals surface area contributed by atoms with Gasteiger partial charge < -0.3 is 5.11 Å². The molecule has 0 aliphatic heterocycles. The van der Waals surface area contributed by atoms with Crippen LogP contribution in [0.2, 0.25) is 0 Å². The minimum atomic E-state index is -0.277. The van der Waals surface area contributed by atoms with Gasteiger partial charge in [-0.15, -0.1) is 0 Å². The third-order valence-corrected chi connectivity index (χ3v) is 5.50. The van der Waals surface area contributed by atoms with Crippen molar-refractivity contribution in [1.29, 1.82) is 0 Å². The molecule has 0 heterocycles. The maximum Gasteiger partial charge on any atom is 0.0834 e. The van der Waals surface area contributed by atoms with Crippen molar-refractivity contribution in [2.45, 2.75) is 58.5 Å². The van der Waals surface area contributed by atoms with Crippen molar-refractivity contribution in [2.75, 3.05) is 0 Å². The molecule has 98 valence electrons. The Morgan fingerprint density at radius 1 is 1.17 bits per heavy atom. The Bertz CT molecular complexity index is 488. The summed E-state index contributed by atoms with van der Waals surface area (Å²) >= 11 is 0. The van der Waals surface area contributed by atoms with E-state index in [1.807, 2.05) is 0 Å². The minimum Gasteiger partial charge on any atom is -0.388 e. The molecule has 2 unspecified atom stereocenters. The zero-order valence-corrected chi connectivity index (χ0v) is 12.0. The predicted molar refractivity (Wildman–Crippen MR) is 74.6 cm³/mol. The Hall–Kier alpha value is -0.820. The van der Waals surface area contributed by atoms with Gasteiger partial charge in [-0.1, -0.05) is 51.0 Å². The highest BCUT2D eigenvalue weighted by molar-refractivity contribution is 5.45. The molecule has 0 radical (unpaired) electrons. The fourth-order valence-electron chi connectivity index (χ4n) is 4.76. The topological polar surface area (TPSA) is 20.2 Å². The molecule has 0 spiro atoms. The second kappa shape index (κ2) is 3.60. The first-order valence-electron chi connectivity index (χ1n) is 7.15. The second-order valence-corrected chi connectivity index (χ2v) is 7.27. The molecule has 0 saturated heterocycles. The number of aryl methyl sites for hydroxylation is 1. The molecule has 3 atom stereocenters. The van der Waals surface area contributed by atoms with Gasteiger partial charge in [0.2, 0.25) is 0 Å². The number of fused-ring (bicyclic) bond motifs is 3. The number of hydrogen-bond donors (Lipinski definition) is 1. The van der Waals surface area contributed by atoms with Crippen molar-refractivity contribution in [3.8, 4) is 0 Å². The van der Waals surface area contributed by atoms with Gasteiger partial charge in [0.05, 0.1) is 6.10 Å². The van der Waals surface area contributed by atoms with E-state index in [2.05, 4.69) is 45.9 Å². The Morgan fingerprint density at radius 3 is 2.61 bits per heavy atom. The molecule has 0 aromatic heterocycles. The lowest BCUT2D eigenvalue weighted by Crippen LogP contribution is -2.43. The molecule has 1 saturated carbocycles. The highest BCUT2D eigenvalue weighted by atomic mass is 16.3. The average molecular weight is 244 g/mol. The second-order valence-electron chi connectivity index (χ2n) is 7.27. The van der Waals surface area contributed by atoms with Crippen LogP contribution in [-0.2, 0) is 5.41 Å². The highest BCUT2D eigenvalue weighted by Gasteiger charge is 2.56. The van der Waals surface area contributed by atoms with Crippen molar-refractivity contribution >= 4 is 0 Å². The number of aliphatic hydroxyl groups excluding tert-OH is 1. The summed E-state index contributed by atoms with van der Waals surface area (Å²) in [6.07, 6.45) is 3.45. The van der Waals surface area contributed by atoms with Gasteiger partial charge in [0.1, 0.15) is 0 Å². The summed E-state index contributed by atoms with van der Waals surface area (Å²) in [5, 5.41) is 10.8.